The first kappa shape index (κ1) is 15.0. The summed E-state index contributed by atoms with van der Waals surface area (Å²) >= 11 is 3.29. The molecule has 0 aliphatic heterocycles. The summed E-state index contributed by atoms with van der Waals surface area (Å²) in [5.41, 5.74) is 0. The fourth-order valence-electron chi connectivity index (χ4n) is 2.59. The third-order valence-electron chi connectivity index (χ3n) is 3.68. The van der Waals surface area contributed by atoms with Crippen LogP contribution < -0.4 is 4.72 Å². The van der Waals surface area contributed by atoms with Crippen molar-refractivity contribution < 1.29 is 8.42 Å². The van der Waals surface area contributed by atoms with Crippen molar-refractivity contribution in [3.05, 3.63) is 28.7 Å². The zero-order valence-electron chi connectivity index (χ0n) is 10.9. The van der Waals surface area contributed by atoms with Crippen molar-refractivity contribution in [2.24, 2.45) is 5.92 Å². The Labute approximate surface area is 124 Å². The Morgan fingerprint density at radius 2 is 1.95 bits per heavy atom. The van der Waals surface area contributed by atoms with E-state index in [1.165, 1.54) is 32.1 Å². The lowest BCUT2D eigenvalue weighted by Crippen LogP contribution is -2.26. The summed E-state index contributed by atoms with van der Waals surface area (Å²) in [7, 11) is -3.36. The molecule has 0 saturated heterocycles. The van der Waals surface area contributed by atoms with Crippen molar-refractivity contribution in [3.8, 4) is 0 Å². The summed E-state index contributed by atoms with van der Waals surface area (Å²) in [5, 5.41) is 0. The van der Waals surface area contributed by atoms with Crippen molar-refractivity contribution in [3.63, 3.8) is 0 Å². The van der Waals surface area contributed by atoms with E-state index in [1.54, 1.807) is 18.2 Å². The fraction of sp³-hybridized carbons (Fsp3) is 0.571. The van der Waals surface area contributed by atoms with E-state index in [-0.39, 0.29) is 0 Å². The Morgan fingerprint density at radius 1 is 1.21 bits per heavy atom. The molecule has 0 amide bonds. The van der Waals surface area contributed by atoms with Gasteiger partial charge in [-0.1, -0.05) is 54.1 Å². The molecule has 0 spiro atoms. The Hall–Kier alpha value is -0.390. The maximum absolute atomic E-state index is 12.1. The Bertz CT molecular complexity index is 510. The van der Waals surface area contributed by atoms with E-state index in [0.717, 1.165) is 10.9 Å². The largest absolute Gasteiger partial charge is 0.240 e. The highest BCUT2D eigenvalue weighted by molar-refractivity contribution is 9.10. The monoisotopic (exact) mass is 345 g/mol. The highest BCUT2D eigenvalue weighted by Gasteiger charge is 2.16. The zero-order chi connectivity index (χ0) is 13.7. The molecule has 1 aliphatic carbocycles. The molecule has 3 nitrogen and oxygen atoms in total. The van der Waals surface area contributed by atoms with E-state index in [0.29, 0.717) is 17.4 Å². The molecule has 5 heteroatoms. The normalized spacial score (nSPS) is 17.5. The van der Waals surface area contributed by atoms with Crippen molar-refractivity contribution in [2.45, 2.75) is 43.4 Å². The van der Waals surface area contributed by atoms with Crippen LogP contribution in [-0.2, 0) is 10.0 Å². The van der Waals surface area contributed by atoms with Gasteiger partial charge in [0.25, 0.3) is 0 Å². The van der Waals surface area contributed by atoms with Gasteiger partial charge in [0, 0.05) is 11.0 Å². The van der Waals surface area contributed by atoms with Crippen LogP contribution in [0.1, 0.15) is 38.5 Å². The molecule has 0 unspecified atom stereocenters. The van der Waals surface area contributed by atoms with Gasteiger partial charge in [-0.2, -0.15) is 0 Å². The van der Waals surface area contributed by atoms with Gasteiger partial charge in [0.05, 0.1) is 4.90 Å². The first-order valence-electron chi connectivity index (χ1n) is 6.83. The Balaban J connectivity index is 1.87. The molecule has 2 rings (SSSR count). The van der Waals surface area contributed by atoms with Gasteiger partial charge < -0.3 is 0 Å². The summed E-state index contributed by atoms with van der Waals surface area (Å²) in [4.78, 5) is 0.325. The van der Waals surface area contributed by atoms with Gasteiger partial charge in [0.15, 0.2) is 0 Å². The number of hydrogen-bond acceptors (Lipinski definition) is 2. The molecule has 1 aromatic rings. The summed E-state index contributed by atoms with van der Waals surface area (Å²) in [6.07, 6.45) is 7.37. The molecule has 1 saturated carbocycles. The fourth-order valence-corrected chi connectivity index (χ4v) is 4.23. The van der Waals surface area contributed by atoms with Crippen LogP contribution in [0.5, 0.6) is 0 Å². The van der Waals surface area contributed by atoms with Crippen LogP contribution >= 0.6 is 15.9 Å². The molecular formula is C14H20BrNO2S. The third kappa shape index (κ3) is 4.58. The first-order chi connectivity index (χ1) is 9.08. The van der Waals surface area contributed by atoms with E-state index in [2.05, 4.69) is 20.7 Å². The smallest absolute Gasteiger partial charge is 0.211 e. The zero-order valence-corrected chi connectivity index (χ0v) is 13.3. The Morgan fingerprint density at radius 3 is 2.63 bits per heavy atom. The number of sulfonamides is 1. The molecule has 106 valence electrons. The van der Waals surface area contributed by atoms with Gasteiger partial charge >= 0.3 is 0 Å². The average Bonchev–Trinajstić information content (AvgIpc) is 2.40. The summed E-state index contributed by atoms with van der Waals surface area (Å²) in [6, 6.07) is 6.80. The van der Waals surface area contributed by atoms with Crippen molar-refractivity contribution in [2.75, 3.05) is 6.54 Å². The van der Waals surface area contributed by atoms with Crippen LogP contribution in [0.15, 0.2) is 33.6 Å². The number of halogens is 1. The third-order valence-corrected chi connectivity index (χ3v) is 5.63. The average molecular weight is 346 g/mol. The van der Waals surface area contributed by atoms with Crippen LogP contribution in [0.4, 0.5) is 0 Å². The van der Waals surface area contributed by atoms with E-state index in [1.807, 2.05) is 6.07 Å². The second-order valence-electron chi connectivity index (χ2n) is 5.15. The minimum atomic E-state index is -3.36. The van der Waals surface area contributed by atoms with Crippen LogP contribution in [0.2, 0.25) is 0 Å². The van der Waals surface area contributed by atoms with Gasteiger partial charge in [-0.3, -0.25) is 0 Å². The van der Waals surface area contributed by atoms with Gasteiger partial charge in [-0.15, -0.1) is 0 Å². The highest BCUT2D eigenvalue weighted by Crippen LogP contribution is 2.26. The standard InChI is InChI=1S/C14H20BrNO2S/c15-13-7-4-8-14(11-13)19(17,18)16-10-9-12-5-2-1-3-6-12/h4,7-8,11-12,16H,1-3,5-6,9-10H2. The summed E-state index contributed by atoms with van der Waals surface area (Å²) < 4.78 is 27.7. The molecule has 1 N–H and O–H groups in total. The van der Waals surface area contributed by atoms with Gasteiger partial charge in [0.1, 0.15) is 0 Å². The minimum Gasteiger partial charge on any atom is -0.211 e. The van der Waals surface area contributed by atoms with E-state index in [9.17, 15) is 8.42 Å². The predicted molar refractivity (Wildman–Crippen MR) is 80.5 cm³/mol. The SMILES string of the molecule is O=S(=O)(NCCC1CCCCC1)c1cccc(Br)c1. The number of hydrogen-bond donors (Lipinski definition) is 1. The molecule has 0 aromatic heterocycles. The quantitative estimate of drug-likeness (QED) is 0.884. The lowest BCUT2D eigenvalue weighted by Gasteiger charge is -2.21. The van der Waals surface area contributed by atoms with E-state index >= 15 is 0 Å². The molecule has 1 fully saturated rings. The minimum absolute atomic E-state index is 0.325. The lowest BCUT2D eigenvalue weighted by atomic mass is 9.87. The predicted octanol–water partition coefficient (Wildman–Crippen LogP) is 3.70. The number of nitrogens with one attached hydrogen (secondary N) is 1. The molecule has 0 atom stereocenters. The molecule has 1 aromatic carbocycles. The maximum Gasteiger partial charge on any atom is 0.240 e. The van der Waals surface area contributed by atoms with E-state index < -0.39 is 10.0 Å². The molecule has 0 radical (unpaired) electrons. The number of rotatable bonds is 5. The van der Waals surface area contributed by atoms with Crippen LogP contribution in [0.25, 0.3) is 0 Å². The molecule has 0 heterocycles. The van der Waals surface area contributed by atoms with Crippen LogP contribution in [0, 0.1) is 5.92 Å². The number of benzene rings is 1. The lowest BCUT2D eigenvalue weighted by molar-refractivity contribution is 0.339. The second kappa shape index (κ2) is 6.86. The van der Waals surface area contributed by atoms with Crippen LogP contribution in [-0.4, -0.2) is 15.0 Å². The first-order valence-corrected chi connectivity index (χ1v) is 9.11. The van der Waals surface area contributed by atoms with Gasteiger partial charge in [0.2, 0.25) is 10.0 Å². The second-order valence-corrected chi connectivity index (χ2v) is 7.83. The highest BCUT2D eigenvalue weighted by atomic mass is 79.9. The van der Waals surface area contributed by atoms with Crippen LogP contribution in [0.3, 0.4) is 0 Å². The topological polar surface area (TPSA) is 46.2 Å². The summed E-state index contributed by atoms with van der Waals surface area (Å²) in [5.74, 6) is 0.693. The van der Waals surface area contributed by atoms with Crippen molar-refractivity contribution in [1.82, 2.24) is 4.72 Å². The van der Waals surface area contributed by atoms with E-state index in [4.69, 9.17) is 0 Å². The van der Waals surface area contributed by atoms with Gasteiger partial charge in [-0.05, 0) is 30.5 Å². The molecule has 19 heavy (non-hydrogen) atoms. The molecule has 1 aliphatic rings. The van der Waals surface area contributed by atoms with Gasteiger partial charge in [-0.25, -0.2) is 13.1 Å². The maximum atomic E-state index is 12.1. The molecule has 0 bridgehead atoms. The summed E-state index contributed by atoms with van der Waals surface area (Å²) in [6.45, 7) is 0.541. The Kier molecular flexibility index (Phi) is 5.42. The molecular weight excluding hydrogens is 326 g/mol. The van der Waals surface area contributed by atoms with Crippen molar-refractivity contribution in [1.29, 1.82) is 0 Å². The van der Waals surface area contributed by atoms with Crippen molar-refractivity contribution >= 4 is 26.0 Å².